The number of fused-ring (bicyclic) bond motifs is 1. The molecule has 1 aromatic carbocycles. The molecule has 2 fully saturated rings. The molecule has 0 bridgehead atoms. The van der Waals surface area contributed by atoms with E-state index in [1.54, 1.807) is 13.0 Å². The summed E-state index contributed by atoms with van der Waals surface area (Å²) in [7, 11) is 0. The van der Waals surface area contributed by atoms with E-state index in [-0.39, 0.29) is 29.6 Å². The molecule has 0 saturated heterocycles. The average Bonchev–Trinajstić information content (AvgIpc) is 3.25. The number of ether oxygens (including phenoxy) is 1. The van der Waals surface area contributed by atoms with E-state index in [9.17, 15) is 9.59 Å². The molecule has 30 heavy (non-hydrogen) atoms. The van der Waals surface area contributed by atoms with Gasteiger partial charge in [-0.05, 0) is 51.7 Å². The predicted octanol–water partition coefficient (Wildman–Crippen LogP) is 5.49. The number of anilines is 1. The fraction of sp³-hybridized carbons (Fsp3) is 0.583. The molecule has 1 aromatic heterocycles. The maximum absolute atomic E-state index is 15.0. The summed E-state index contributed by atoms with van der Waals surface area (Å²) in [6, 6.07) is 3.55. The smallest absolute Gasteiger partial charge is 0.343 e. The molecule has 2 aliphatic carbocycles. The zero-order chi connectivity index (χ0) is 21.3. The Kier molecular flexibility index (Phi) is 6.11. The Balaban J connectivity index is 1.89. The van der Waals surface area contributed by atoms with Crippen molar-refractivity contribution in [1.82, 2.24) is 4.57 Å². The molecule has 0 atom stereocenters. The molecule has 5 nitrogen and oxygen atoms in total. The number of rotatable bonds is 5. The quantitative estimate of drug-likeness (QED) is 0.658. The van der Waals surface area contributed by atoms with Gasteiger partial charge >= 0.3 is 5.97 Å². The number of benzene rings is 1. The van der Waals surface area contributed by atoms with Crippen LogP contribution in [0.25, 0.3) is 10.9 Å². The fourth-order valence-electron chi connectivity index (χ4n) is 5.20. The van der Waals surface area contributed by atoms with Gasteiger partial charge < -0.3 is 14.6 Å². The van der Waals surface area contributed by atoms with E-state index in [1.807, 2.05) is 6.92 Å². The Bertz CT molecular complexity index is 1000. The Hall–Kier alpha value is -2.37. The molecule has 2 saturated carbocycles. The molecular formula is C24H31FN2O3. The number of nitrogens with zero attached hydrogens (tertiary/aromatic N) is 1. The van der Waals surface area contributed by atoms with Crippen LogP contribution in [0, 0.1) is 12.7 Å². The molecule has 0 unspecified atom stereocenters. The van der Waals surface area contributed by atoms with E-state index in [0.29, 0.717) is 16.9 Å². The highest BCUT2D eigenvalue weighted by Crippen LogP contribution is 2.35. The molecule has 1 heterocycles. The third kappa shape index (κ3) is 3.84. The van der Waals surface area contributed by atoms with Crippen LogP contribution >= 0.6 is 0 Å². The van der Waals surface area contributed by atoms with Crippen LogP contribution in [0.4, 0.5) is 10.1 Å². The van der Waals surface area contributed by atoms with E-state index in [1.165, 1.54) is 12.5 Å². The van der Waals surface area contributed by atoms with Crippen molar-refractivity contribution < 1.29 is 13.9 Å². The minimum absolute atomic E-state index is 0.0311. The van der Waals surface area contributed by atoms with E-state index < -0.39 is 17.2 Å². The average molecular weight is 415 g/mol. The lowest BCUT2D eigenvalue weighted by molar-refractivity contribution is 0.0523. The highest BCUT2D eigenvalue weighted by molar-refractivity contribution is 5.96. The molecule has 2 aliphatic rings. The first-order valence-electron chi connectivity index (χ1n) is 11.3. The molecule has 1 N–H and O–H groups in total. The molecule has 162 valence electrons. The van der Waals surface area contributed by atoms with Gasteiger partial charge in [0.15, 0.2) is 0 Å². The first-order chi connectivity index (χ1) is 14.5. The molecule has 6 heteroatoms. The van der Waals surface area contributed by atoms with Crippen molar-refractivity contribution in [2.45, 2.75) is 83.7 Å². The molecule has 0 spiro atoms. The van der Waals surface area contributed by atoms with Crippen molar-refractivity contribution in [2.75, 3.05) is 11.9 Å². The monoisotopic (exact) mass is 414 g/mol. The topological polar surface area (TPSA) is 60.3 Å². The number of aromatic nitrogens is 1. The van der Waals surface area contributed by atoms with Crippen LogP contribution in [0.1, 0.15) is 86.8 Å². The summed E-state index contributed by atoms with van der Waals surface area (Å²) in [5.41, 5.74) is 1.36. The molecule has 0 aliphatic heterocycles. The van der Waals surface area contributed by atoms with Crippen LogP contribution < -0.4 is 10.7 Å². The van der Waals surface area contributed by atoms with E-state index in [0.717, 1.165) is 51.4 Å². The minimum Gasteiger partial charge on any atom is -0.462 e. The van der Waals surface area contributed by atoms with Gasteiger partial charge in [0.2, 0.25) is 5.43 Å². The lowest BCUT2D eigenvalue weighted by Crippen LogP contribution is -2.26. The first kappa shape index (κ1) is 20.9. The molecule has 2 aromatic rings. The van der Waals surface area contributed by atoms with Crippen LogP contribution in [0.15, 0.2) is 16.9 Å². The van der Waals surface area contributed by atoms with Crippen molar-refractivity contribution in [3.8, 4) is 0 Å². The zero-order valence-electron chi connectivity index (χ0n) is 17.9. The minimum atomic E-state index is -0.626. The number of pyridine rings is 1. The number of hydrogen-bond donors (Lipinski definition) is 1. The highest BCUT2D eigenvalue weighted by Gasteiger charge is 2.27. The third-order valence-corrected chi connectivity index (χ3v) is 6.67. The van der Waals surface area contributed by atoms with Crippen molar-refractivity contribution >= 4 is 22.6 Å². The van der Waals surface area contributed by atoms with E-state index in [4.69, 9.17) is 4.74 Å². The summed E-state index contributed by atoms with van der Waals surface area (Å²) in [5.74, 6) is -1.07. The lowest BCUT2D eigenvalue weighted by Gasteiger charge is -2.26. The number of esters is 1. The maximum atomic E-state index is 15.0. The van der Waals surface area contributed by atoms with Gasteiger partial charge in [-0.15, -0.1) is 0 Å². The van der Waals surface area contributed by atoms with Crippen molar-refractivity contribution in [3.63, 3.8) is 0 Å². The van der Waals surface area contributed by atoms with Gasteiger partial charge in [0.1, 0.15) is 11.4 Å². The first-order valence-corrected chi connectivity index (χ1v) is 11.3. The number of halogens is 1. The van der Waals surface area contributed by atoms with E-state index >= 15 is 4.39 Å². The second kappa shape index (κ2) is 8.78. The van der Waals surface area contributed by atoms with Gasteiger partial charge in [-0.25, -0.2) is 9.18 Å². The summed E-state index contributed by atoms with van der Waals surface area (Å²) < 4.78 is 22.3. The molecule has 0 radical (unpaired) electrons. The SMILES string of the molecule is CCOC(=O)c1c(C)n(C2CCCC2)c2cc(NC3CCCCC3)c(F)cc2c1=O. The molecular weight excluding hydrogens is 383 g/mol. The largest absolute Gasteiger partial charge is 0.462 e. The third-order valence-electron chi connectivity index (χ3n) is 6.67. The molecule has 0 amide bonds. The number of carbonyl (C=O) groups excluding carboxylic acids is 1. The van der Waals surface area contributed by atoms with Crippen LogP contribution in [0.5, 0.6) is 0 Å². The second-order valence-electron chi connectivity index (χ2n) is 8.65. The van der Waals surface area contributed by atoms with Gasteiger partial charge in [-0.3, -0.25) is 4.79 Å². The Morgan fingerprint density at radius 3 is 2.47 bits per heavy atom. The zero-order valence-corrected chi connectivity index (χ0v) is 17.9. The maximum Gasteiger partial charge on any atom is 0.343 e. The fourth-order valence-corrected chi connectivity index (χ4v) is 5.20. The van der Waals surface area contributed by atoms with Crippen LogP contribution in [-0.4, -0.2) is 23.2 Å². The summed E-state index contributed by atoms with van der Waals surface area (Å²) in [6.45, 7) is 3.72. The van der Waals surface area contributed by atoms with Crippen molar-refractivity contribution in [1.29, 1.82) is 0 Å². The van der Waals surface area contributed by atoms with Gasteiger partial charge in [0.05, 0.1) is 17.8 Å². The lowest BCUT2D eigenvalue weighted by atomic mass is 9.95. The molecule has 4 rings (SSSR count). The summed E-state index contributed by atoms with van der Waals surface area (Å²) in [5, 5.41) is 3.63. The van der Waals surface area contributed by atoms with E-state index in [2.05, 4.69) is 9.88 Å². The number of nitrogens with one attached hydrogen (secondary N) is 1. The van der Waals surface area contributed by atoms with Gasteiger partial charge in [-0.2, -0.15) is 0 Å². The van der Waals surface area contributed by atoms with Crippen LogP contribution in [0.3, 0.4) is 0 Å². The number of hydrogen-bond acceptors (Lipinski definition) is 4. The number of carbonyl (C=O) groups is 1. The van der Waals surface area contributed by atoms with Crippen LogP contribution in [0.2, 0.25) is 0 Å². The van der Waals surface area contributed by atoms with Gasteiger partial charge in [-0.1, -0.05) is 32.1 Å². The Morgan fingerprint density at radius 1 is 1.13 bits per heavy atom. The van der Waals surface area contributed by atoms with Gasteiger partial charge in [0.25, 0.3) is 0 Å². The summed E-state index contributed by atoms with van der Waals surface area (Å²) in [4.78, 5) is 25.8. The Morgan fingerprint density at radius 2 is 1.80 bits per heavy atom. The van der Waals surface area contributed by atoms with Crippen molar-refractivity contribution in [2.24, 2.45) is 0 Å². The summed E-state index contributed by atoms with van der Waals surface area (Å²) >= 11 is 0. The van der Waals surface area contributed by atoms with Crippen LogP contribution in [-0.2, 0) is 4.74 Å². The van der Waals surface area contributed by atoms with Crippen molar-refractivity contribution in [3.05, 3.63) is 39.4 Å². The highest BCUT2D eigenvalue weighted by atomic mass is 19.1. The second-order valence-corrected chi connectivity index (χ2v) is 8.65. The summed E-state index contributed by atoms with van der Waals surface area (Å²) in [6.07, 6.45) is 9.82. The normalized spacial score (nSPS) is 18.1. The van der Waals surface area contributed by atoms with Gasteiger partial charge in [0, 0.05) is 23.2 Å². The standard InChI is InChI=1S/C24H31FN2O3/c1-3-30-24(29)22-15(2)27(17-11-7-8-12-17)21-14-20(19(25)13-18(21)23(22)28)26-16-9-5-4-6-10-16/h13-14,16-17,26H,3-12H2,1-2H3. The Labute approximate surface area is 176 Å². The predicted molar refractivity (Wildman–Crippen MR) is 117 cm³/mol.